The molecule has 0 amide bonds. The lowest BCUT2D eigenvalue weighted by Gasteiger charge is -2.13. The fraction of sp³-hybridized carbons (Fsp3) is 0.571. The van der Waals surface area contributed by atoms with Crippen LogP contribution in [0.25, 0.3) is 0 Å². The quantitative estimate of drug-likeness (QED) is 0.685. The van der Waals surface area contributed by atoms with Crippen molar-refractivity contribution in [2.75, 3.05) is 25.1 Å². The van der Waals surface area contributed by atoms with Gasteiger partial charge in [0.05, 0.1) is 6.10 Å². The third-order valence-corrected chi connectivity index (χ3v) is 3.55. The van der Waals surface area contributed by atoms with Crippen molar-refractivity contribution in [3.8, 4) is 0 Å². The number of hydrogen-bond donors (Lipinski definition) is 2. The minimum atomic E-state index is -1.01. The Kier molecular flexibility index (Phi) is 8.02. The summed E-state index contributed by atoms with van der Waals surface area (Å²) < 4.78 is 26.3. The van der Waals surface area contributed by atoms with Crippen LogP contribution in [0.3, 0.4) is 0 Å². The predicted octanol–water partition coefficient (Wildman–Crippen LogP) is 3.12. The standard InChI is InChI=1S/C14H21F2NOS/c1-19-8-4-2-3-7-17-10-14(18)12-9-11(15)5-6-13(12)16/h5-6,9,14,17-18H,2-4,7-8,10H2,1H3. The predicted molar refractivity (Wildman–Crippen MR) is 76.4 cm³/mol. The maximum atomic E-state index is 13.4. The van der Waals surface area contributed by atoms with E-state index in [1.165, 1.54) is 6.42 Å². The molecule has 0 bridgehead atoms. The van der Waals surface area contributed by atoms with E-state index in [9.17, 15) is 13.9 Å². The molecule has 19 heavy (non-hydrogen) atoms. The molecule has 1 rings (SSSR count). The van der Waals surface area contributed by atoms with E-state index in [4.69, 9.17) is 0 Å². The molecule has 1 aromatic carbocycles. The SMILES string of the molecule is CSCCCCCNCC(O)c1cc(F)ccc1F. The Morgan fingerprint density at radius 3 is 2.79 bits per heavy atom. The van der Waals surface area contributed by atoms with Gasteiger partial charge in [-0.1, -0.05) is 6.42 Å². The summed E-state index contributed by atoms with van der Waals surface area (Å²) in [5, 5.41) is 12.9. The van der Waals surface area contributed by atoms with E-state index in [1.807, 2.05) is 11.8 Å². The van der Waals surface area contributed by atoms with Gasteiger partial charge in [0.2, 0.25) is 0 Å². The van der Waals surface area contributed by atoms with E-state index in [0.29, 0.717) is 0 Å². The molecule has 0 spiro atoms. The van der Waals surface area contributed by atoms with Crippen LogP contribution in [0, 0.1) is 11.6 Å². The van der Waals surface area contributed by atoms with Crippen LogP contribution in [-0.4, -0.2) is 30.2 Å². The van der Waals surface area contributed by atoms with E-state index in [1.54, 1.807) is 0 Å². The highest BCUT2D eigenvalue weighted by atomic mass is 32.2. The van der Waals surface area contributed by atoms with Crippen molar-refractivity contribution in [2.24, 2.45) is 0 Å². The van der Waals surface area contributed by atoms with E-state index in [-0.39, 0.29) is 12.1 Å². The molecule has 0 radical (unpaired) electrons. The van der Waals surface area contributed by atoms with Gasteiger partial charge in [-0.25, -0.2) is 8.78 Å². The van der Waals surface area contributed by atoms with Gasteiger partial charge in [0.25, 0.3) is 0 Å². The van der Waals surface area contributed by atoms with Crippen molar-refractivity contribution in [3.63, 3.8) is 0 Å². The summed E-state index contributed by atoms with van der Waals surface area (Å²) in [7, 11) is 0. The van der Waals surface area contributed by atoms with Gasteiger partial charge in [-0.3, -0.25) is 0 Å². The fourth-order valence-electron chi connectivity index (χ4n) is 1.79. The second-order valence-electron chi connectivity index (χ2n) is 4.44. The van der Waals surface area contributed by atoms with Crippen LogP contribution in [0.5, 0.6) is 0 Å². The normalized spacial score (nSPS) is 12.6. The summed E-state index contributed by atoms with van der Waals surface area (Å²) in [5.41, 5.74) is 0.00915. The molecule has 0 saturated carbocycles. The smallest absolute Gasteiger partial charge is 0.129 e. The first-order valence-corrected chi connectivity index (χ1v) is 7.87. The number of aliphatic hydroxyl groups is 1. The Hall–Kier alpha value is -0.650. The van der Waals surface area contributed by atoms with Crippen LogP contribution in [0.1, 0.15) is 30.9 Å². The Morgan fingerprint density at radius 2 is 2.05 bits per heavy atom. The number of benzene rings is 1. The first-order chi connectivity index (χ1) is 9.15. The van der Waals surface area contributed by atoms with Crippen molar-refractivity contribution in [3.05, 3.63) is 35.4 Å². The molecule has 0 heterocycles. The summed E-state index contributed by atoms with van der Waals surface area (Å²) in [5.74, 6) is 0.0557. The van der Waals surface area contributed by atoms with E-state index < -0.39 is 17.7 Å². The molecule has 0 aliphatic rings. The van der Waals surface area contributed by atoms with E-state index in [0.717, 1.165) is 43.3 Å². The van der Waals surface area contributed by atoms with Crippen molar-refractivity contribution in [1.82, 2.24) is 5.32 Å². The number of thioether (sulfide) groups is 1. The molecular weight excluding hydrogens is 268 g/mol. The molecule has 0 fully saturated rings. The van der Waals surface area contributed by atoms with Crippen molar-refractivity contribution >= 4 is 11.8 Å². The second-order valence-corrected chi connectivity index (χ2v) is 5.42. The van der Waals surface area contributed by atoms with Crippen molar-refractivity contribution in [2.45, 2.75) is 25.4 Å². The van der Waals surface area contributed by atoms with E-state index in [2.05, 4.69) is 11.6 Å². The summed E-state index contributed by atoms with van der Waals surface area (Å²) in [6.07, 6.45) is 4.42. The second kappa shape index (κ2) is 9.28. The zero-order valence-corrected chi connectivity index (χ0v) is 12.0. The molecule has 1 aromatic rings. The van der Waals surface area contributed by atoms with Crippen LogP contribution >= 0.6 is 11.8 Å². The number of hydrogen-bond acceptors (Lipinski definition) is 3. The highest BCUT2D eigenvalue weighted by Crippen LogP contribution is 2.17. The Morgan fingerprint density at radius 1 is 1.26 bits per heavy atom. The molecule has 0 aromatic heterocycles. The first kappa shape index (κ1) is 16.4. The lowest BCUT2D eigenvalue weighted by molar-refractivity contribution is 0.169. The Bertz CT molecular complexity index is 376. The highest BCUT2D eigenvalue weighted by molar-refractivity contribution is 7.98. The zero-order valence-electron chi connectivity index (χ0n) is 11.2. The van der Waals surface area contributed by atoms with Gasteiger partial charge in [-0.2, -0.15) is 11.8 Å². The van der Waals surface area contributed by atoms with Crippen molar-refractivity contribution in [1.29, 1.82) is 0 Å². The molecule has 1 unspecified atom stereocenters. The lowest BCUT2D eigenvalue weighted by Crippen LogP contribution is -2.23. The van der Waals surface area contributed by atoms with Gasteiger partial charge in [-0.05, 0) is 49.6 Å². The molecule has 0 saturated heterocycles. The molecule has 2 N–H and O–H groups in total. The van der Waals surface area contributed by atoms with Crippen LogP contribution in [0.2, 0.25) is 0 Å². The highest BCUT2D eigenvalue weighted by Gasteiger charge is 2.13. The summed E-state index contributed by atoms with van der Waals surface area (Å²) in [6.45, 7) is 1.02. The number of aliphatic hydroxyl groups excluding tert-OH is 1. The van der Waals surface area contributed by atoms with Gasteiger partial charge in [0.1, 0.15) is 11.6 Å². The van der Waals surface area contributed by atoms with Crippen LogP contribution in [-0.2, 0) is 0 Å². The van der Waals surface area contributed by atoms with Crippen LogP contribution in [0.15, 0.2) is 18.2 Å². The van der Waals surface area contributed by atoms with E-state index >= 15 is 0 Å². The average molecular weight is 289 g/mol. The minimum absolute atomic E-state index is 0.00915. The molecule has 0 aliphatic heterocycles. The van der Waals surface area contributed by atoms with Crippen molar-refractivity contribution < 1.29 is 13.9 Å². The molecule has 2 nitrogen and oxygen atoms in total. The molecule has 108 valence electrons. The third kappa shape index (κ3) is 6.36. The monoisotopic (exact) mass is 289 g/mol. The Labute approximate surface area is 117 Å². The largest absolute Gasteiger partial charge is 0.387 e. The number of rotatable bonds is 9. The summed E-state index contributed by atoms with van der Waals surface area (Å²) in [4.78, 5) is 0. The topological polar surface area (TPSA) is 32.3 Å². The van der Waals surface area contributed by atoms with Crippen LogP contribution in [0.4, 0.5) is 8.78 Å². The molecule has 5 heteroatoms. The van der Waals surface area contributed by atoms with Gasteiger partial charge in [0, 0.05) is 12.1 Å². The molecule has 1 atom stereocenters. The van der Waals surface area contributed by atoms with Gasteiger partial charge in [0.15, 0.2) is 0 Å². The lowest BCUT2D eigenvalue weighted by atomic mass is 10.1. The number of unbranched alkanes of at least 4 members (excludes halogenated alkanes) is 2. The Balaban J connectivity index is 2.23. The minimum Gasteiger partial charge on any atom is -0.387 e. The number of halogens is 2. The zero-order chi connectivity index (χ0) is 14.1. The molecule has 0 aliphatic carbocycles. The number of nitrogens with one attached hydrogen (secondary N) is 1. The van der Waals surface area contributed by atoms with Gasteiger partial charge in [-0.15, -0.1) is 0 Å². The fourth-order valence-corrected chi connectivity index (χ4v) is 2.28. The molecular formula is C14H21F2NOS. The summed E-state index contributed by atoms with van der Waals surface area (Å²) in [6, 6.07) is 3.13. The van der Waals surface area contributed by atoms with Crippen LogP contribution < -0.4 is 5.32 Å². The average Bonchev–Trinajstić information content (AvgIpc) is 2.40. The summed E-state index contributed by atoms with van der Waals surface area (Å²) >= 11 is 1.83. The van der Waals surface area contributed by atoms with Gasteiger partial charge < -0.3 is 10.4 Å². The first-order valence-electron chi connectivity index (χ1n) is 6.48. The third-order valence-electron chi connectivity index (χ3n) is 2.86. The maximum absolute atomic E-state index is 13.4. The van der Waals surface area contributed by atoms with Gasteiger partial charge >= 0.3 is 0 Å². The maximum Gasteiger partial charge on any atom is 0.129 e.